The second-order valence-corrected chi connectivity index (χ2v) is 9.31. The van der Waals surface area contributed by atoms with Crippen LogP contribution in [0.1, 0.15) is 26.2 Å². The molecular formula is C16H29N3O4S. The van der Waals surface area contributed by atoms with Crippen LogP contribution in [0.3, 0.4) is 0 Å². The van der Waals surface area contributed by atoms with Crippen LogP contribution in [0.2, 0.25) is 0 Å². The molecule has 24 heavy (non-hydrogen) atoms. The lowest BCUT2D eigenvalue weighted by molar-refractivity contribution is -0.136. The first-order chi connectivity index (χ1) is 11.2. The third-order valence-corrected chi connectivity index (χ3v) is 6.55. The van der Waals surface area contributed by atoms with Crippen molar-refractivity contribution >= 4 is 21.7 Å². The van der Waals surface area contributed by atoms with E-state index in [0.717, 1.165) is 13.0 Å². The molecule has 3 unspecified atom stereocenters. The number of carbonyl (C=O) groups is 2. The Hall–Kier alpha value is -1.15. The number of rotatable bonds is 8. The summed E-state index contributed by atoms with van der Waals surface area (Å²) in [5.41, 5.74) is 0. The molecule has 0 radical (unpaired) electrons. The maximum absolute atomic E-state index is 12.6. The Kier molecular flexibility index (Phi) is 6.25. The molecule has 2 aliphatic rings. The van der Waals surface area contributed by atoms with E-state index in [0.29, 0.717) is 25.9 Å². The lowest BCUT2D eigenvalue weighted by Gasteiger charge is -2.27. The average Bonchev–Trinajstić information content (AvgIpc) is 3.22. The van der Waals surface area contributed by atoms with Crippen molar-refractivity contribution in [2.75, 3.05) is 45.2 Å². The number of carbonyl (C=O) groups excluding carboxylic acids is 2. The number of sulfone groups is 1. The van der Waals surface area contributed by atoms with Gasteiger partial charge in [-0.15, -0.1) is 0 Å². The van der Waals surface area contributed by atoms with Gasteiger partial charge >= 0.3 is 0 Å². The van der Waals surface area contributed by atoms with E-state index < -0.39 is 9.84 Å². The first-order valence-corrected chi connectivity index (χ1v) is 10.5. The molecule has 1 aliphatic carbocycles. The smallest absolute Gasteiger partial charge is 0.226 e. The SMILES string of the molecule is CCN(C(=O)C1CC1C(=O)NCCCN(C)C)C1CCS(=O)(=O)C1. The Morgan fingerprint density at radius 3 is 2.46 bits per heavy atom. The second kappa shape index (κ2) is 7.82. The number of hydrogen-bond donors (Lipinski definition) is 1. The summed E-state index contributed by atoms with van der Waals surface area (Å²) in [5, 5.41) is 2.89. The molecule has 138 valence electrons. The Bertz CT molecular complexity index is 576. The van der Waals surface area contributed by atoms with Crippen LogP contribution >= 0.6 is 0 Å². The van der Waals surface area contributed by atoms with E-state index in [-0.39, 0.29) is 41.2 Å². The van der Waals surface area contributed by atoms with Gasteiger partial charge in [0, 0.05) is 19.1 Å². The predicted octanol–water partition coefficient (Wildman–Crippen LogP) is -0.274. The Morgan fingerprint density at radius 1 is 1.21 bits per heavy atom. The molecule has 1 saturated heterocycles. The van der Waals surface area contributed by atoms with Crippen LogP contribution in [0.15, 0.2) is 0 Å². The molecule has 2 amide bonds. The van der Waals surface area contributed by atoms with Gasteiger partial charge in [-0.25, -0.2) is 8.42 Å². The molecule has 1 aliphatic heterocycles. The summed E-state index contributed by atoms with van der Waals surface area (Å²) in [6.07, 6.45) is 1.97. The minimum absolute atomic E-state index is 0.0535. The largest absolute Gasteiger partial charge is 0.356 e. The molecule has 1 saturated carbocycles. The fourth-order valence-electron chi connectivity index (χ4n) is 3.32. The van der Waals surface area contributed by atoms with Gasteiger partial charge in [0.2, 0.25) is 11.8 Å². The fourth-order valence-corrected chi connectivity index (χ4v) is 5.05. The number of nitrogens with one attached hydrogen (secondary N) is 1. The normalized spacial score (nSPS) is 27.9. The van der Waals surface area contributed by atoms with Gasteiger partial charge in [0.15, 0.2) is 9.84 Å². The monoisotopic (exact) mass is 359 g/mol. The van der Waals surface area contributed by atoms with Crippen LogP contribution < -0.4 is 5.32 Å². The highest BCUT2D eigenvalue weighted by atomic mass is 32.2. The zero-order chi connectivity index (χ0) is 17.9. The van der Waals surface area contributed by atoms with Crippen LogP contribution in [0, 0.1) is 11.8 Å². The molecule has 1 heterocycles. The minimum Gasteiger partial charge on any atom is -0.356 e. The van der Waals surface area contributed by atoms with Gasteiger partial charge in [-0.2, -0.15) is 0 Å². The molecule has 0 bridgehead atoms. The lowest BCUT2D eigenvalue weighted by Crippen LogP contribution is -2.42. The van der Waals surface area contributed by atoms with Crippen molar-refractivity contribution < 1.29 is 18.0 Å². The topological polar surface area (TPSA) is 86.8 Å². The van der Waals surface area contributed by atoms with Crippen molar-refractivity contribution in [3.63, 3.8) is 0 Å². The molecule has 0 aromatic carbocycles. The maximum Gasteiger partial charge on any atom is 0.226 e. The van der Waals surface area contributed by atoms with Gasteiger partial charge in [0.05, 0.1) is 23.3 Å². The van der Waals surface area contributed by atoms with Crippen LogP contribution in [0.4, 0.5) is 0 Å². The summed E-state index contributed by atoms with van der Waals surface area (Å²) in [6.45, 7) is 3.88. The molecule has 2 rings (SSSR count). The summed E-state index contributed by atoms with van der Waals surface area (Å²) in [4.78, 5) is 28.4. The summed E-state index contributed by atoms with van der Waals surface area (Å²) in [7, 11) is 0.954. The Labute approximate surface area is 144 Å². The van der Waals surface area contributed by atoms with E-state index in [9.17, 15) is 18.0 Å². The van der Waals surface area contributed by atoms with Crippen molar-refractivity contribution in [3.05, 3.63) is 0 Å². The molecule has 8 heteroatoms. The molecule has 0 spiro atoms. The summed E-state index contributed by atoms with van der Waals surface area (Å²) in [6, 6.07) is -0.225. The third-order valence-electron chi connectivity index (χ3n) is 4.80. The van der Waals surface area contributed by atoms with Crippen LogP contribution in [-0.2, 0) is 19.4 Å². The molecule has 1 N–H and O–H groups in total. The van der Waals surface area contributed by atoms with Crippen molar-refractivity contribution in [2.24, 2.45) is 11.8 Å². The fraction of sp³-hybridized carbons (Fsp3) is 0.875. The van der Waals surface area contributed by atoms with Gasteiger partial charge in [-0.1, -0.05) is 0 Å². The van der Waals surface area contributed by atoms with E-state index in [1.165, 1.54) is 0 Å². The van der Waals surface area contributed by atoms with E-state index in [1.807, 2.05) is 21.0 Å². The highest BCUT2D eigenvalue weighted by Crippen LogP contribution is 2.41. The van der Waals surface area contributed by atoms with E-state index >= 15 is 0 Å². The Morgan fingerprint density at radius 2 is 1.92 bits per heavy atom. The Balaban J connectivity index is 1.80. The van der Waals surface area contributed by atoms with Gasteiger partial charge in [0.25, 0.3) is 0 Å². The van der Waals surface area contributed by atoms with E-state index in [2.05, 4.69) is 10.2 Å². The van der Waals surface area contributed by atoms with Gasteiger partial charge in [0.1, 0.15) is 0 Å². The van der Waals surface area contributed by atoms with Gasteiger partial charge in [-0.05, 0) is 46.8 Å². The molecule has 0 aromatic rings. The van der Waals surface area contributed by atoms with Crippen LogP contribution in [0.25, 0.3) is 0 Å². The number of nitrogens with zero attached hydrogens (tertiary/aromatic N) is 2. The second-order valence-electron chi connectivity index (χ2n) is 7.08. The van der Waals surface area contributed by atoms with Gasteiger partial charge in [-0.3, -0.25) is 9.59 Å². The van der Waals surface area contributed by atoms with E-state index in [4.69, 9.17) is 0 Å². The molecule has 7 nitrogen and oxygen atoms in total. The third kappa shape index (κ3) is 4.92. The number of amides is 2. The van der Waals surface area contributed by atoms with Crippen molar-refractivity contribution in [1.29, 1.82) is 0 Å². The highest BCUT2D eigenvalue weighted by Gasteiger charge is 2.50. The molecular weight excluding hydrogens is 330 g/mol. The lowest BCUT2D eigenvalue weighted by atomic mass is 10.2. The molecule has 0 aromatic heterocycles. The maximum atomic E-state index is 12.6. The van der Waals surface area contributed by atoms with Crippen molar-refractivity contribution in [2.45, 2.75) is 32.2 Å². The predicted molar refractivity (Wildman–Crippen MR) is 92.2 cm³/mol. The first kappa shape index (κ1) is 19.2. The molecule has 2 fully saturated rings. The molecule has 3 atom stereocenters. The zero-order valence-corrected chi connectivity index (χ0v) is 15.6. The van der Waals surface area contributed by atoms with Crippen molar-refractivity contribution in [3.8, 4) is 0 Å². The van der Waals surface area contributed by atoms with Gasteiger partial charge < -0.3 is 15.1 Å². The minimum atomic E-state index is -3.02. The van der Waals surface area contributed by atoms with Crippen LogP contribution in [-0.4, -0.2) is 81.3 Å². The average molecular weight is 359 g/mol. The summed E-state index contributed by atoms with van der Waals surface area (Å²) < 4.78 is 23.3. The van der Waals surface area contributed by atoms with Crippen molar-refractivity contribution in [1.82, 2.24) is 15.1 Å². The summed E-state index contributed by atoms with van der Waals surface area (Å²) in [5.74, 6) is -0.427. The standard InChI is InChI=1S/C16H29N3O4S/c1-4-19(12-6-9-24(22,23)11-12)16(21)14-10-13(14)15(20)17-7-5-8-18(2)3/h12-14H,4-11H2,1-3H3,(H,17,20). The number of hydrogen-bond acceptors (Lipinski definition) is 5. The quantitative estimate of drug-likeness (QED) is 0.603. The first-order valence-electron chi connectivity index (χ1n) is 8.68. The van der Waals surface area contributed by atoms with Crippen LogP contribution in [0.5, 0.6) is 0 Å². The summed E-state index contributed by atoms with van der Waals surface area (Å²) >= 11 is 0. The highest BCUT2D eigenvalue weighted by molar-refractivity contribution is 7.91. The van der Waals surface area contributed by atoms with E-state index in [1.54, 1.807) is 4.90 Å². The zero-order valence-electron chi connectivity index (χ0n) is 14.8.